The molecule has 0 atom stereocenters. The van der Waals surface area contributed by atoms with Gasteiger partial charge in [-0.25, -0.2) is 0 Å². The van der Waals surface area contributed by atoms with Crippen LogP contribution in [0.15, 0.2) is 89.3 Å². The van der Waals surface area contributed by atoms with Crippen LogP contribution < -0.4 is 0 Å². The Bertz CT molecular complexity index is 586. The number of hydrogen-bond donors (Lipinski definition) is 0. The highest BCUT2D eigenvalue weighted by Gasteiger charge is 2.36. The zero-order valence-electron chi connectivity index (χ0n) is 9.60. The number of carbonyl (C=O) groups is 1. The Labute approximate surface area is 101 Å². The summed E-state index contributed by atoms with van der Waals surface area (Å²) in [4.78, 5) is 10.2. The summed E-state index contributed by atoms with van der Waals surface area (Å²) < 4.78 is 0. The van der Waals surface area contributed by atoms with Crippen molar-refractivity contribution in [1.29, 1.82) is 0 Å². The zero-order valence-corrected chi connectivity index (χ0v) is 9.60. The van der Waals surface area contributed by atoms with Crippen molar-refractivity contribution in [3.05, 3.63) is 89.3 Å². The topological polar surface area (TPSA) is 17.1 Å². The third-order valence-electron chi connectivity index (χ3n) is 3.08. The van der Waals surface area contributed by atoms with Crippen molar-refractivity contribution in [3.8, 4) is 0 Å². The third-order valence-corrected chi connectivity index (χ3v) is 3.08. The lowest BCUT2D eigenvalue weighted by atomic mass is 9.65. The minimum Gasteiger partial charge on any atom is -0.298 e. The molecule has 82 valence electrons. The number of hydrogen-bond acceptors (Lipinski definition) is 1. The molecule has 0 aromatic heterocycles. The smallest absolute Gasteiger partial charge is 0.150 e. The van der Waals surface area contributed by atoms with E-state index in [-0.39, 0.29) is 0 Å². The minimum absolute atomic E-state index is 0.682. The predicted molar refractivity (Wildman–Crippen MR) is 70.4 cm³/mol. The molecule has 2 rings (SSSR count). The van der Waals surface area contributed by atoms with E-state index < -0.39 is 0 Å². The summed E-state index contributed by atoms with van der Waals surface area (Å²) in [6.45, 7) is 19.7. The third kappa shape index (κ3) is 1.30. The Kier molecular flexibility index (Phi) is 2.35. The van der Waals surface area contributed by atoms with Crippen molar-refractivity contribution in [3.63, 3.8) is 0 Å². The van der Waals surface area contributed by atoms with Gasteiger partial charge in [0.25, 0.3) is 0 Å². The van der Waals surface area contributed by atoms with E-state index in [0.29, 0.717) is 6.29 Å². The van der Waals surface area contributed by atoms with Crippen LogP contribution in [0.25, 0.3) is 0 Å². The minimum atomic E-state index is 0.682. The summed E-state index contributed by atoms with van der Waals surface area (Å²) in [5.74, 6) is 0. The van der Waals surface area contributed by atoms with Crippen molar-refractivity contribution in [2.24, 2.45) is 0 Å². The van der Waals surface area contributed by atoms with E-state index in [1.807, 2.05) is 0 Å². The normalized spacial score (nSPS) is 18.8. The van der Waals surface area contributed by atoms with Crippen LogP contribution in [0, 0.1) is 0 Å². The summed E-state index contributed by atoms with van der Waals surface area (Å²) in [6.07, 6.45) is 2.00. The van der Waals surface area contributed by atoms with E-state index in [4.69, 9.17) is 0 Å². The van der Waals surface area contributed by atoms with Crippen molar-refractivity contribution in [2.45, 2.75) is 0 Å². The first-order valence-corrected chi connectivity index (χ1v) is 5.13. The van der Waals surface area contributed by atoms with Crippen LogP contribution in [0.1, 0.15) is 0 Å². The Hall–Kier alpha value is -2.37. The van der Waals surface area contributed by atoms with Crippen molar-refractivity contribution >= 4 is 6.29 Å². The molecule has 0 heterocycles. The molecule has 2 saturated carbocycles. The molecule has 1 heteroatoms. The molecule has 0 bridgehead atoms. The van der Waals surface area contributed by atoms with E-state index in [9.17, 15) is 4.79 Å². The van der Waals surface area contributed by atoms with Gasteiger partial charge in [0.05, 0.1) is 0 Å². The highest BCUT2D eigenvalue weighted by Crippen LogP contribution is 2.52. The maximum atomic E-state index is 10.2. The monoisotopic (exact) mass is 220 g/mol. The number of aldehydes is 1. The number of rotatable bonds is 1. The van der Waals surface area contributed by atoms with Gasteiger partial charge in [0.15, 0.2) is 6.29 Å². The molecule has 17 heavy (non-hydrogen) atoms. The first kappa shape index (κ1) is 11.1. The average molecular weight is 220 g/mol. The molecule has 0 aliphatic heterocycles. The molecule has 0 radical (unpaired) electrons. The first-order chi connectivity index (χ1) is 8.00. The molecule has 2 aliphatic rings. The Morgan fingerprint density at radius 1 is 0.765 bits per heavy atom. The van der Waals surface area contributed by atoms with Gasteiger partial charge in [-0.1, -0.05) is 32.9 Å². The molecule has 0 aromatic carbocycles. The standard InChI is InChI=1S/C16H12O/c1-9-10(2)15(11(9)3)16-12(4)14(13(16)5)7-6-8-17/h6,8H,1-5H2. The number of allylic oxidation sites excluding steroid dienone is 8. The summed E-state index contributed by atoms with van der Waals surface area (Å²) in [5.41, 5.74) is 9.93. The fraction of sp³-hybridized carbons (Fsp3) is 0. The summed E-state index contributed by atoms with van der Waals surface area (Å²) >= 11 is 0. The van der Waals surface area contributed by atoms with Gasteiger partial charge in [-0.3, -0.25) is 4.79 Å². The van der Waals surface area contributed by atoms with E-state index in [2.05, 4.69) is 38.6 Å². The van der Waals surface area contributed by atoms with Crippen LogP contribution in [0.2, 0.25) is 0 Å². The van der Waals surface area contributed by atoms with Gasteiger partial charge < -0.3 is 0 Å². The maximum Gasteiger partial charge on any atom is 0.150 e. The molecular weight excluding hydrogens is 208 g/mol. The molecule has 2 fully saturated rings. The van der Waals surface area contributed by atoms with Gasteiger partial charge in [0, 0.05) is 11.6 Å². The molecule has 0 aromatic rings. The molecule has 0 spiro atoms. The summed E-state index contributed by atoms with van der Waals surface area (Å²) in [6, 6.07) is 0. The van der Waals surface area contributed by atoms with Crippen LogP contribution in [0.5, 0.6) is 0 Å². The molecule has 2 aliphatic carbocycles. The van der Waals surface area contributed by atoms with Crippen LogP contribution in [0.4, 0.5) is 0 Å². The van der Waals surface area contributed by atoms with Crippen molar-refractivity contribution in [2.75, 3.05) is 0 Å². The van der Waals surface area contributed by atoms with Crippen molar-refractivity contribution < 1.29 is 4.79 Å². The van der Waals surface area contributed by atoms with Gasteiger partial charge in [-0.2, -0.15) is 0 Å². The average Bonchev–Trinajstić information content (AvgIpc) is 2.34. The Balaban J connectivity index is 2.49. The predicted octanol–water partition coefficient (Wildman–Crippen LogP) is 3.37. The lowest BCUT2D eigenvalue weighted by Crippen LogP contribution is -2.20. The largest absolute Gasteiger partial charge is 0.298 e. The summed E-state index contributed by atoms with van der Waals surface area (Å²) in [7, 11) is 0. The van der Waals surface area contributed by atoms with E-state index in [1.54, 1.807) is 0 Å². The molecule has 0 saturated heterocycles. The highest BCUT2D eigenvalue weighted by molar-refractivity contribution is 5.88. The fourth-order valence-corrected chi connectivity index (χ4v) is 2.05. The second-order valence-electron chi connectivity index (χ2n) is 3.96. The first-order valence-electron chi connectivity index (χ1n) is 5.13. The molecule has 0 amide bonds. The highest BCUT2D eigenvalue weighted by atomic mass is 16.1. The second-order valence-corrected chi connectivity index (χ2v) is 3.96. The van der Waals surface area contributed by atoms with E-state index in [1.165, 1.54) is 6.08 Å². The van der Waals surface area contributed by atoms with Crippen LogP contribution >= 0.6 is 0 Å². The molecule has 0 unspecified atom stereocenters. The SMILES string of the molecule is C=C1C(=C)C(=C2C(=C)C(=C=CC=O)C2=C)C1=C. The lowest BCUT2D eigenvalue weighted by Gasteiger charge is -2.37. The van der Waals surface area contributed by atoms with E-state index in [0.717, 1.165) is 44.6 Å². The zero-order chi connectivity index (χ0) is 12.7. The van der Waals surface area contributed by atoms with Gasteiger partial charge >= 0.3 is 0 Å². The van der Waals surface area contributed by atoms with Crippen molar-refractivity contribution in [1.82, 2.24) is 0 Å². The van der Waals surface area contributed by atoms with Crippen LogP contribution in [-0.4, -0.2) is 6.29 Å². The quantitative estimate of drug-likeness (QED) is 0.376. The van der Waals surface area contributed by atoms with Gasteiger partial charge in [0.2, 0.25) is 0 Å². The Morgan fingerprint density at radius 2 is 1.24 bits per heavy atom. The fourth-order valence-electron chi connectivity index (χ4n) is 2.05. The van der Waals surface area contributed by atoms with Crippen LogP contribution in [0.3, 0.4) is 0 Å². The Morgan fingerprint density at radius 3 is 1.71 bits per heavy atom. The van der Waals surface area contributed by atoms with Crippen LogP contribution in [-0.2, 0) is 4.79 Å². The maximum absolute atomic E-state index is 10.2. The summed E-state index contributed by atoms with van der Waals surface area (Å²) in [5, 5.41) is 0. The molecule has 0 N–H and O–H groups in total. The molecule has 1 nitrogen and oxygen atoms in total. The lowest BCUT2D eigenvalue weighted by molar-refractivity contribution is -0.104. The molecular formula is C16H12O. The second kappa shape index (κ2) is 3.58. The van der Waals surface area contributed by atoms with Gasteiger partial charge in [-0.05, 0) is 39.0 Å². The number of carbonyl (C=O) groups excluding carboxylic acids is 1. The van der Waals surface area contributed by atoms with Gasteiger partial charge in [0.1, 0.15) is 0 Å². The van der Waals surface area contributed by atoms with Gasteiger partial charge in [-0.15, -0.1) is 5.73 Å². The van der Waals surface area contributed by atoms with E-state index >= 15 is 0 Å².